The number of hydrogen-bond donors (Lipinski definition) is 2. The summed E-state index contributed by atoms with van der Waals surface area (Å²) in [5.41, 5.74) is 6.13. The van der Waals surface area contributed by atoms with Gasteiger partial charge in [0.15, 0.2) is 0 Å². The van der Waals surface area contributed by atoms with Crippen molar-refractivity contribution in [1.82, 2.24) is 4.90 Å². The van der Waals surface area contributed by atoms with Gasteiger partial charge < -0.3 is 10.8 Å². The van der Waals surface area contributed by atoms with Gasteiger partial charge in [-0.2, -0.15) is 0 Å². The van der Waals surface area contributed by atoms with Crippen molar-refractivity contribution in [1.29, 1.82) is 0 Å². The van der Waals surface area contributed by atoms with Gasteiger partial charge in [-0.05, 0) is 27.0 Å². The Morgan fingerprint density at radius 2 is 2.11 bits per heavy atom. The lowest BCUT2D eigenvalue weighted by Gasteiger charge is -2.34. The summed E-state index contributed by atoms with van der Waals surface area (Å²) in [6.45, 7) is 4.22. The van der Waals surface area contributed by atoms with Crippen LogP contribution in [0.3, 0.4) is 0 Å². The monoisotopic (exact) mass is 270 g/mol. The second kappa shape index (κ2) is 5.73. The third-order valence-electron chi connectivity index (χ3n) is 3.17. The number of thiocarbonyl (C=S) groups is 1. The van der Waals surface area contributed by atoms with E-state index in [1.54, 1.807) is 12.1 Å². The molecule has 100 valence electrons. The van der Waals surface area contributed by atoms with Gasteiger partial charge in [-0.1, -0.05) is 24.4 Å². The minimum absolute atomic E-state index is 0.0100. The third kappa shape index (κ3) is 3.48. The van der Waals surface area contributed by atoms with Gasteiger partial charge in [0.1, 0.15) is 10.8 Å². The fourth-order valence-corrected chi connectivity index (χ4v) is 1.55. The van der Waals surface area contributed by atoms with Crippen LogP contribution in [0.4, 0.5) is 4.39 Å². The topological polar surface area (TPSA) is 49.5 Å². The molecule has 0 saturated carbocycles. The molecular formula is C13H19FN2OS. The van der Waals surface area contributed by atoms with Gasteiger partial charge in [0.05, 0.1) is 6.61 Å². The summed E-state index contributed by atoms with van der Waals surface area (Å²) in [4.78, 5) is 2.08. The Bertz CT molecular complexity index is 449. The van der Waals surface area contributed by atoms with E-state index in [1.807, 2.05) is 25.8 Å². The van der Waals surface area contributed by atoms with Crippen molar-refractivity contribution in [2.24, 2.45) is 5.73 Å². The quantitative estimate of drug-likeness (QED) is 0.799. The molecule has 0 aliphatic carbocycles. The van der Waals surface area contributed by atoms with Gasteiger partial charge in [-0.3, -0.25) is 4.90 Å². The van der Waals surface area contributed by atoms with Crippen LogP contribution in [0.5, 0.6) is 0 Å². The predicted molar refractivity (Wildman–Crippen MR) is 74.9 cm³/mol. The van der Waals surface area contributed by atoms with E-state index >= 15 is 0 Å². The molecule has 18 heavy (non-hydrogen) atoms. The number of nitrogens with zero attached hydrogens (tertiary/aromatic N) is 1. The van der Waals surface area contributed by atoms with Crippen molar-refractivity contribution in [2.45, 2.75) is 25.9 Å². The molecule has 5 heteroatoms. The van der Waals surface area contributed by atoms with Gasteiger partial charge in [0, 0.05) is 23.2 Å². The number of aliphatic hydroxyl groups is 1. The molecule has 0 aromatic heterocycles. The maximum Gasteiger partial charge on any atom is 0.128 e. The van der Waals surface area contributed by atoms with Crippen LogP contribution in [0.25, 0.3) is 0 Å². The molecule has 0 saturated heterocycles. The second-order valence-electron chi connectivity index (χ2n) is 5.00. The lowest BCUT2D eigenvalue weighted by Crippen LogP contribution is -2.43. The molecule has 1 aromatic carbocycles. The van der Waals surface area contributed by atoms with Gasteiger partial charge >= 0.3 is 0 Å². The Kier molecular flexibility index (Phi) is 4.78. The van der Waals surface area contributed by atoms with Gasteiger partial charge in [0.2, 0.25) is 0 Å². The highest BCUT2D eigenvalue weighted by Crippen LogP contribution is 2.18. The van der Waals surface area contributed by atoms with Crippen LogP contribution in [-0.4, -0.2) is 34.2 Å². The summed E-state index contributed by atoms with van der Waals surface area (Å²) >= 11 is 4.80. The van der Waals surface area contributed by atoms with Crippen molar-refractivity contribution in [2.75, 3.05) is 13.7 Å². The Labute approximate surface area is 112 Å². The van der Waals surface area contributed by atoms with E-state index in [0.29, 0.717) is 17.7 Å². The Morgan fingerprint density at radius 1 is 1.50 bits per heavy atom. The number of aliphatic hydroxyl groups excluding tert-OH is 1. The van der Waals surface area contributed by atoms with E-state index in [2.05, 4.69) is 0 Å². The van der Waals surface area contributed by atoms with E-state index in [0.717, 1.165) is 0 Å². The maximum absolute atomic E-state index is 13.9. The molecule has 0 amide bonds. The van der Waals surface area contributed by atoms with Crippen molar-refractivity contribution in [3.05, 3.63) is 35.1 Å². The molecule has 0 aliphatic rings. The van der Waals surface area contributed by atoms with Crippen LogP contribution in [0.15, 0.2) is 18.2 Å². The van der Waals surface area contributed by atoms with E-state index < -0.39 is 5.54 Å². The molecule has 3 N–H and O–H groups in total. The minimum atomic E-state index is -0.395. The maximum atomic E-state index is 13.9. The van der Waals surface area contributed by atoms with E-state index in [-0.39, 0.29) is 17.4 Å². The Morgan fingerprint density at radius 3 is 2.56 bits per heavy atom. The number of rotatable bonds is 5. The first-order valence-electron chi connectivity index (χ1n) is 5.68. The Hall–Kier alpha value is -1.04. The van der Waals surface area contributed by atoms with Crippen LogP contribution in [0.2, 0.25) is 0 Å². The van der Waals surface area contributed by atoms with E-state index in [1.165, 1.54) is 6.07 Å². The van der Waals surface area contributed by atoms with Crippen LogP contribution in [0, 0.1) is 5.82 Å². The molecule has 0 aliphatic heterocycles. The fraction of sp³-hybridized carbons (Fsp3) is 0.462. The smallest absolute Gasteiger partial charge is 0.128 e. The van der Waals surface area contributed by atoms with E-state index in [4.69, 9.17) is 18.0 Å². The van der Waals surface area contributed by atoms with Crippen LogP contribution in [-0.2, 0) is 6.54 Å². The highest BCUT2D eigenvalue weighted by molar-refractivity contribution is 7.80. The minimum Gasteiger partial charge on any atom is -0.394 e. The Balaban J connectivity index is 2.89. The number of nitrogens with two attached hydrogens (primary N) is 1. The molecule has 1 rings (SSSR count). The van der Waals surface area contributed by atoms with Crippen molar-refractivity contribution in [3.8, 4) is 0 Å². The lowest BCUT2D eigenvalue weighted by molar-refractivity contribution is 0.0726. The van der Waals surface area contributed by atoms with Gasteiger partial charge in [-0.15, -0.1) is 0 Å². The molecule has 0 bridgehead atoms. The van der Waals surface area contributed by atoms with Crippen molar-refractivity contribution < 1.29 is 9.50 Å². The van der Waals surface area contributed by atoms with E-state index in [9.17, 15) is 9.50 Å². The molecule has 0 unspecified atom stereocenters. The zero-order chi connectivity index (χ0) is 13.9. The first-order chi connectivity index (χ1) is 8.27. The largest absolute Gasteiger partial charge is 0.394 e. The second-order valence-corrected chi connectivity index (χ2v) is 5.44. The summed E-state index contributed by atoms with van der Waals surface area (Å²) < 4.78 is 13.9. The molecule has 0 spiro atoms. The summed E-state index contributed by atoms with van der Waals surface area (Å²) in [7, 11) is 1.84. The standard InChI is InChI=1S/C13H19FN2OS/c1-13(2,8-17)16(3)7-10-5-4-9(12(15)18)6-11(10)14/h4-6,17H,7-8H2,1-3H3,(H2,15,18). The summed E-state index contributed by atoms with van der Waals surface area (Å²) in [5.74, 6) is -0.333. The normalized spacial score (nSPS) is 11.9. The summed E-state index contributed by atoms with van der Waals surface area (Å²) in [6, 6.07) is 4.73. The van der Waals surface area contributed by atoms with Crippen LogP contribution < -0.4 is 5.73 Å². The predicted octanol–water partition coefficient (Wildman–Crippen LogP) is 1.66. The fourth-order valence-electron chi connectivity index (χ4n) is 1.42. The molecule has 0 fully saturated rings. The zero-order valence-corrected chi connectivity index (χ0v) is 11.7. The molecule has 0 atom stereocenters. The number of hydrogen-bond acceptors (Lipinski definition) is 3. The molecule has 1 aromatic rings. The SMILES string of the molecule is CN(Cc1ccc(C(N)=S)cc1F)C(C)(C)CO. The third-order valence-corrected chi connectivity index (χ3v) is 3.40. The average molecular weight is 270 g/mol. The molecule has 3 nitrogen and oxygen atoms in total. The lowest BCUT2D eigenvalue weighted by atomic mass is 10.0. The highest BCUT2D eigenvalue weighted by atomic mass is 32.1. The van der Waals surface area contributed by atoms with Crippen LogP contribution >= 0.6 is 12.2 Å². The average Bonchev–Trinajstić information content (AvgIpc) is 2.31. The first kappa shape index (κ1) is 15.0. The molecular weight excluding hydrogens is 251 g/mol. The molecule has 0 heterocycles. The highest BCUT2D eigenvalue weighted by Gasteiger charge is 2.23. The zero-order valence-electron chi connectivity index (χ0n) is 10.9. The number of likely N-dealkylation sites (N-methyl/N-ethyl adjacent to an activating group) is 1. The van der Waals surface area contributed by atoms with Gasteiger partial charge in [0.25, 0.3) is 0 Å². The first-order valence-corrected chi connectivity index (χ1v) is 6.09. The molecule has 0 radical (unpaired) electrons. The number of halogens is 1. The summed E-state index contributed by atoms with van der Waals surface area (Å²) in [5, 5.41) is 9.26. The van der Waals surface area contributed by atoms with Crippen molar-refractivity contribution in [3.63, 3.8) is 0 Å². The van der Waals surface area contributed by atoms with Crippen molar-refractivity contribution >= 4 is 17.2 Å². The summed E-state index contributed by atoms with van der Waals surface area (Å²) in [6.07, 6.45) is 0. The van der Waals surface area contributed by atoms with Gasteiger partial charge in [-0.25, -0.2) is 4.39 Å². The number of benzene rings is 1. The van der Waals surface area contributed by atoms with Crippen LogP contribution in [0.1, 0.15) is 25.0 Å².